The number of morpholine rings is 1. The highest BCUT2D eigenvalue weighted by molar-refractivity contribution is 5.51. The number of nitrogens with zero attached hydrogens (tertiary/aromatic N) is 1. The molecular formula is C15H21NO. The molecule has 1 aromatic carbocycles. The Morgan fingerprint density at radius 1 is 1.29 bits per heavy atom. The zero-order valence-corrected chi connectivity index (χ0v) is 10.7. The SMILES string of the molecule is CC(C)c1cccc(N2CC3CCC2CO3)c1. The molecular weight excluding hydrogens is 210 g/mol. The van der Waals surface area contributed by atoms with Gasteiger partial charge in [-0.1, -0.05) is 26.0 Å². The van der Waals surface area contributed by atoms with Crippen LogP contribution in [-0.2, 0) is 4.74 Å². The third kappa shape index (κ3) is 2.06. The second kappa shape index (κ2) is 4.34. The number of piperidine rings is 1. The number of ether oxygens (including phenoxy) is 1. The molecule has 0 aromatic heterocycles. The van der Waals surface area contributed by atoms with Crippen molar-refractivity contribution in [2.45, 2.75) is 44.8 Å². The summed E-state index contributed by atoms with van der Waals surface area (Å²) in [7, 11) is 0. The first-order chi connectivity index (χ1) is 8.24. The van der Waals surface area contributed by atoms with Gasteiger partial charge < -0.3 is 9.64 Å². The van der Waals surface area contributed by atoms with Crippen LogP contribution in [0.1, 0.15) is 38.2 Å². The van der Waals surface area contributed by atoms with Crippen molar-refractivity contribution in [2.24, 2.45) is 0 Å². The highest BCUT2D eigenvalue weighted by Crippen LogP contribution is 2.32. The fraction of sp³-hybridized carbons (Fsp3) is 0.600. The van der Waals surface area contributed by atoms with Crippen LogP contribution < -0.4 is 4.90 Å². The minimum atomic E-state index is 0.461. The topological polar surface area (TPSA) is 12.5 Å². The summed E-state index contributed by atoms with van der Waals surface area (Å²) in [6.45, 7) is 6.50. The number of anilines is 1. The molecule has 3 heterocycles. The molecule has 2 bridgehead atoms. The molecule has 0 aliphatic carbocycles. The van der Waals surface area contributed by atoms with Crippen LogP contribution in [0.3, 0.4) is 0 Å². The Morgan fingerprint density at radius 2 is 2.18 bits per heavy atom. The first-order valence-electron chi connectivity index (χ1n) is 6.72. The van der Waals surface area contributed by atoms with Gasteiger partial charge in [0.1, 0.15) is 0 Å². The lowest BCUT2D eigenvalue weighted by atomic mass is 9.95. The van der Waals surface area contributed by atoms with Gasteiger partial charge >= 0.3 is 0 Å². The van der Waals surface area contributed by atoms with Gasteiger partial charge in [0.15, 0.2) is 0 Å². The normalized spacial score (nSPS) is 27.8. The second-order valence-electron chi connectivity index (χ2n) is 5.59. The lowest BCUT2D eigenvalue weighted by Crippen LogP contribution is -2.54. The Labute approximate surface area is 104 Å². The Bertz CT molecular complexity index is 394. The van der Waals surface area contributed by atoms with Gasteiger partial charge in [0.05, 0.1) is 18.8 Å². The van der Waals surface area contributed by atoms with E-state index in [2.05, 4.69) is 43.0 Å². The smallest absolute Gasteiger partial charge is 0.0751 e. The first-order valence-corrected chi connectivity index (χ1v) is 6.72. The van der Waals surface area contributed by atoms with Crippen molar-refractivity contribution in [1.82, 2.24) is 0 Å². The van der Waals surface area contributed by atoms with Crippen LogP contribution in [0.15, 0.2) is 24.3 Å². The van der Waals surface area contributed by atoms with Crippen LogP contribution >= 0.6 is 0 Å². The molecule has 0 radical (unpaired) electrons. The third-order valence-corrected chi connectivity index (χ3v) is 4.06. The van der Waals surface area contributed by atoms with Crippen LogP contribution in [0.25, 0.3) is 0 Å². The van der Waals surface area contributed by atoms with E-state index >= 15 is 0 Å². The summed E-state index contributed by atoms with van der Waals surface area (Å²) in [6, 6.07) is 9.61. The summed E-state index contributed by atoms with van der Waals surface area (Å²) in [5.41, 5.74) is 2.82. The van der Waals surface area contributed by atoms with Crippen molar-refractivity contribution >= 4 is 5.69 Å². The molecule has 2 heteroatoms. The van der Waals surface area contributed by atoms with Crippen molar-refractivity contribution in [3.05, 3.63) is 29.8 Å². The Hall–Kier alpha value is -1.02. The van der Waals surface area contributed by atoms with E-state index in [0.717, 1.165) is 13.2 Å². The molecule has 0 spiro atoms. The minimum absolute atomic E-state index is 0.461. The van der Waals surface area contributed by atoms with Crippen molar-refractivity contribution in [3.8, 4) is 0 Å². The summed E-state index contributed by atoms with van der Waals surface area (Å²) in [5.74, 6) is 0.605. The maximum absolute atomic E-state index is 5.76. The van der Waals surface area contributed by atoms with Gasteiger partial charge in [-0.3, -0.25) is 0 Å². The highest BCUT2D eigenvalue weighted by Gasteiger charge is 2.34. The summed E-state index contributed by atoms with van der Waals surface area (Å²) in [6.07, 6.45) is 2.99. The summed E-state index contributed by atoms with van der Waals surface area (Å²) in [5, 5.41) is 0. The zero-order valence-electron chi connectivity index (χ0n) is 10.7. The van der Waals surface area contributed by atoms with Crippen LogP contribution in [0.2, 0.25) is 0 Å². The van der Waals surface area contributed by atoms with E-state index in [1.54, 1.807) is 0 Å². The molecule has 92 valence electrons. The first kappa shape index (κ1) is 11.1. The molecule has 3 aliphatic rings. The molecule has 1 aromatic rings. The monoisotopic (exact) mass is 231 g/mol. The Balaban J connectivity index is 1.86. The van der Waals surface area contributed by atoms with E-state index in [1.807, 2.05) is 0 Å². The molecule has 3 saturated heterocycles. The molecule has 2 atom stereocenters. The van der Waals surface area contributed by atoms with E-state index < -0.39 is 0 Å². The molecule has 0 N–H and O–H groups in total. The van der Waals surface area contributed by atoms with Gasteiger partial charge in [-0.25, -0.2) is 0 Å². The lowest BCUT2D eigenvalue weighted by Gasteiger charge is -2.46. The van der Waals surface area contributed by atoms with Crippen molar-refractivity contribution in [3.63, 3.8) is 0 Å². The Morgan fingerprint density at radius 3 is 2.76 bits per heavy atom. The molecule has 4 rings (SSSR count). The molecule has 2 nitrogen and oxygen atoms in total. The molecule has 3 fully saturated rings. The average molecular weight is 231 g/mol. The number of hydrogen-bond donors (Lipinski definition) is 0. The second-order valence-corrected chi connectivity index (χ2v) is 5.59. The van der Waals surface area contributed by atoms with Crippen molar-refractivity contribution < 1.29 is 4.74 Å². The standard InChI is InChI=1S/C15H21NO/c1-11(2)12-4-3-5-13(8-12)16-9-15-7-6-14(16)10-17-15/h3-5,8,11,14-15H,6-7,9-10H2,1-2H3. The molecule has 17 heavy (non-hydrogen) atoms. The van der Waals surface area contributed by atoms with Crippen LogP contribution in [0.5, 0.6) is 0 Å². The minimum Gasteiger partial charge on any atom is -0.374 e. The maximum Gasteiger partial charge on any atom is 0.0751 e. The molecule has 2 unspecified atom stereocenters. The van der Waals surface area contributed by atoms with Crippen molar-refractivity contribution in [2.75, 3.05) is 18.1 Å². The third-order valence-electron chi connectivity index (χ3n) is 4.06. The molecule has 0 amide bonds. The fourth-order valence-corrected chi connectivity index (χ4v) is 2.93. The molecule has 0 saturated carbocycles. The van der Waals surface area contributed by atoms with E-state index in [0.29, 0.717) is 18.1 Å². The van der Waals surface area contributed by atoms with E-state index in [4.69, 9.17) is 4.74 Å². The van der Waals surface area contributed by atoms with Gasteiger partial charge in [-0.15, -0.1) is 0 Å². The highest BCUT2D eigenvalue weighted by atomic mass is 16.5. The molecule has 3 aliphatic heterocycles. The zero-order chi connectivity index (χ0) is 11.8. The fourth-order valence-electron chi connectivity index (χ4n) is 2.93. The van der Waals surface area contributed by atoms with E-state index in [-0.39, 0.29) is 0 Å². The van der Waals surface area contributed by atoms with Crippen molar-refractivity contribution in [1.29, 1.82) is 0 Å². The van der Waals surface area contributed by atoms with Gasteiger partial charge in [0.2, 0.25) is 0 Å². The van der Waals surface area contributed by atoms with Crippen LogP contribution in [0, 0.1) is 0 Å². The van der Waals surface area contributed by atoms with Gasteiger partial charge in [0.25, 0.3) is 0 Å². The van der Waals surface area contributed by atoms with Crippen LogP contribution in [0.4, 0.5) is 5.69 Å². The summed E-state index contributed by atoms with van der Waals surface area (Å²) >= 11 is 0. The van der Waals surface area contributed by atoms with Crippen LogP contribution in [-0.4, -0.2) is 25.3 Å². The number of hydrogen-bond acceptors (Lipinski definition) is 2. The summed E-state index contributed by atoms with van der Waals surface area (Å²) < 4.78 is 5.76. The number of rotatable bonds is 2. The van der Waals surface area contributed by atoms with Gasteiger partial charge in [0, 0.05) is 12.2 Å². The quantitative estimate of drug-likeness (QED) is 0.775. The largest absolute Gasteiger partial charge is 0.374 e. The predicted molar refractivity (Wildman–Crippen MR) is 70.6 cm³/mol. The van der Waals surface area contributed by atoms with E-state index in [9.17, 15) is 0 Å². The maximum atomic E-state index is 5.76. The summed E-state index contributed by atoms with van der Waals surface area (Å²) in [4.78, 5) is 2.55. The van der Waals surface area contributed by atoms with E-state index in [1.165, 1.54) is 24.1 Å². The average Bonchev–Trinajstić information content (AvgIpc) is 2.40. The predicted octanol–water partition coefficient (Wildman–Crippen LogP) is 3.18. The Kier molecular flexibility index (Phi) is 2.83. The number of fused-ring (bicyclic) bond motifs is 3. The number of benzene rings is 1. The van der Waals surface area contributed by atoms with Gasteiger partial charge in [-0.05, 0) is 36.5 Å². The lowest BCUT2D eigenvalue weighted by molar-refractivity contribution is -0.0225. The van der Waals surface area contributed by atoms with Gasteiger partial charge in [-0.2, -0.15) is 0 Å².